The van der Waals surface area contributed by atoms with Gasteiger partial charge in [-0.2, -0.15) is 0 Å². The van der Waals surface area contributed by atoms with Gasteiger partial charge in [-0.1, -0.05) is 33.8 Å². The minimum atomic E-state index is -0.627. The number of carbonyl (C=O) groups is 4. The first kappa shape index (κ1) is 46.2. The SMILES string of the molecule is CC(C)[C@H](NC(=O)N1CCOCC1)C(=O)N1CCC[C@H]1c1ncc(-c2ccc(N3CCC(c4cnc([C@@H]5CCCN5C(=O)[C@@H](NC(=O)N5CCOCC5)C(C)C)[nH]4)CC3)c3c2C2CC4(C)CC3N24)[nH]1. The Labute approximate surface area is 405 Å². The van der Waals surface area contributed by atoms with Gasteiger partial charge >= 0.3 is 12.1 Å². The van der Waals surface area contributed by atoms with Crippen LogP contribution in [0.4, 0.5) is 15.3 Å². The number of fused-ring (bicyclic) bond motifs is 3. The Bertz CT molecular complexity index is 2420. The summed E-state index contributed by atoms with van der Waals surface area (Å²) in [6.07, 6.45) is 11.7. The number of aromatic amines is 2. The molecule has 69 heavy (non-hydrogen) atoms. The number of likely N-dealkylation sites (tertiary alicyclic amines) is 2. The fourth-order valence-corrected chi connectivity index (χ4v) is 13.2. The number of hydrogen-bond donors (Lipinski definition) is 4. The highest BCUT2D eigenvalue weighted by molar-refractivity contribution is 5.89. The number of rotatable bonds is 11. The number of ether oxygens (including phenoxy) is 2. The number of piperidine rings is 2. The zero-order valence-corrected chi connectivity index (χ0v) is 41.2. The first-order valence-corrected chi connectivity index (χ1v) is 26.1. The van der Waals surface area contributed by atoms with Gasteiger partial charge in [0.1, 0.15) is 23.7 Å². The third-order valence-electron chi connectivity index (χ3n) is 17.0. The molecular weight excluding hydrogens is 877 g/mol. The fraction of sp³-hybridized carbons (Fsp3) is 0.686. The van der Waals surface area contributed by atoms with Crippen LogP contribution in [0, 0.1) is 11.8 Å². The number of amides is 6. The molecule has 1 aromatic carbocycles. The van der Waals surface area contributed by atoms with Crippen LogP contribution < -0.4 is 15.5 Å². The molecular formula is C51H72N12O6. The van der Waals surface area contributed by atoms with Gasteiger partial charge in [0.05, 0.1) is 50.4 Å². The summed E-state index contributed by atoms with van der Waals surface area (Å²) in [5.41, 5.74) is 7.87. The minimum Gasteiger partial charge on any atom is -0.378 e. The van der Waals surface area contributed by atoms with Gasteiger partial charge in [0.2, 0.25) is 11.8 Å². The normalized spacial score (nSPS) is 27.8. The maximum Gasteiger partial charge on any atom is 0.318 e. The molecule has 372 valence electrons. The topological polar surface area (TPSA) is 188 Å². The highest BCUT2D eigenvalue weighted by Gasteiger charge is 2.66. The van der Waals surface area contributed by atoms with Crippen molar-refractivity contribution in [1.82, 2.24) is 55.1 Å². The number of hydrogen-bond acceptors (Lipinski definition) is 10. The van der Waals surface area contributed by atoms with E-state index in [9.17, 15) is 19.2 Å². The molecule has 8 aliphatic heterocycles. The van der Waals surface area contributed by atoms with Crippen LogP contribution in [-0.2, 0) is 19.1 Å². The van der Waals surface area contributed by atoms with Crippen LogP contribution in [-0.4, -0.2) is 165 Å². The van der Waals surface area contributed by atoms with E-state index in [0.29, 0.717) is 83.7 Å². The second-order valence-electron chi connectivity index (χ2n) is 21.9. The van der Waals surface area contributed by atoms with Gasteiger partial charge in [0.15, 0.2) is 0 Å². The Morgan fingerprint density at radius 1 is 0.652 bits per heavy atom. The lowest BCUT2D eigenvalue weighted by molar-refractivity contribution is -0.177. The van der Waals surface area contributed by atoms with Crippen molar-refractivity contribution >= 4 is 29.6 Å². The number of urea groups is 2. The van der Waals surface area contributed by atoms with Gasteiger partial charge in [0.25, 0.3) is 0 Å². The molecule has 3 unspecified atom stereocenters. The van der Waals surface area contributed by atoms with E-state index >= 15 is 0 Å². The highest BCUT2D eigenvalue weighted by Crippen LogP contribution is 2.71. The molecule has 10 heterocycles. The summed E-state index contributed by atoms with van der Waals surface area (Å²) >= 11 is 0. The highest BCUT2D eigenvalue weighted by atomic mass is 16.5. The molecule has 0 aliphatic carbocycles. The number of H-pyrrole nitrogens is 2. The first-order chi connectivity index (χ1) is 33.4. The third kappa shape index (κ3) is 8.24. The molecule has 18 heteroatoms. The van der Waals surface area contributed by atoms with E-state index in [0.717, 1.165) is 81.1 Å². The zero-order valence-electron chi connectivity index (χ0n) is 41.2. The van der Waals surface area contributed by atoms with Crippen LogP contribution in [0.1, 0.15) is 145 Å². The van der Waals surface area contributed by atoms with Crippen LogP contribution >= 0.6 is 0 Å². The molecule has 11 rings (SSSR count). The number of benzene rings is 1. The fourth-order valence-electron chi connectivity index (χ4n) is 13.2. The van der Waals surface area contributed by atoms with Crippen molar-refractivity contribution < 1.29 is 28.7 Å². The summed E-state index contributed by atoms with van der Waals surface area (Å²) in [5, 5.41) is 6.13. The summed E-state index contributed by atoms with van der Waals surface area (Å²) in [7, 11) is 0. The van der Waals surface area contributed by atoms with E-state index in [4.69, 9.17) is 19.4 Å². The van der Waals surface area contributed by atoms with Crippen LogP contribution in [0.5, 0.6) is 0 Å². The molecule has 7 fully saturated rings. The molecule has 7 saturated heterocycles. The van der Waals surface area contributed by atoms with Crippen molar-refractivity contribution in [1.29, 1.82) is 0 Å². The van der Waals surface area contributed by atoms with Crippen molar-refractivity contribution in [3.63, 3.8) is 0 Å². The van der Waals surface area contributed by atoms with Crippen LogP contribution in [0.2, 0.25) is 0 Å². The molecule has 0 spiro atoms. The van der Waals surface area contributed by atoms with E-state index in [1.165, 1.54) is 28.8 Å². The van der Waals surface area contributed by atoms with E-state index in [1.54, 1.807) is 9.80 Å². The van der Waals surface area contributed by atoms with Gasteiger partial charge in [0, 0.05) is 99.0 Å². The predicted molar refractivity (Wildman–Crippen MR) is 258 cm³/mol. The standard InChI is InChI=1S/C51H72N12O6/c1-30(2)43(56-49(66)59-18-22-68-23-19-59)47(64)61-14-6-8-37(61)45-52-28-34(54-45)32-12-16-58(17-13-32)36-11-10-33(41-39-26-51(5)27-40(42(36)41)63(39)51)35-29-53-46(55-35)38-9-7-15-62(38)48(65)44(31(3)4)57-50(67)60-20-24-69-25-21-60/h10-11,28-32,37-40,43-44H,6-9,12-27H2,1-5H3,(H,52,54)(H,53,55)(H,56,66)(H,57,67)/t37-,38-,39?,40?,43-,44-,51?/m0/s1. The minimum absolute atomic E-state index is 0.0428. The Balaban J connectivity index is 0.769. The van der Waals surface area contributed by atoms with Gasteiger partial charge in [-0.05, 0) is 87.3 Å². The van der Waals surface area contributed by atoms with Gasteiger partial charge in [-0.15, -0.1) is 0 Å². The summed E-state index contributed by atoms with van der Waals surface area (Å²) < 4.78 is 10.9. The molecule has 0 bridgehead atoms. The van der Waals surface area contributed by atoms with E-state index in [-0.39, 0.29) is 53.3 Å². The first-order valence-electron chi connectivity index (χ1n) is 26.1. The Kier molecular flexibility index (Phi) is 12.4. The average molecular weight is 949 g/mol. The van der Waals surface area contributed by atoms with Crippen molar-refractivity contribution in [2.45, 2.75) is 134 Å². The number of anilines is 1. The maximum atomic E-state index is 14.2. The van der Waals surface area contributed by atoms with Crippen LogP contribution in [0.15, 0.2) is 24.5 Å². The molecule has 0 saturated carbocycles. The van der Waals surface area contributed by atoms with E-state index < -0.39 is 12.1 Å². The second kappa shape index (κ2) is 18.5. The Morgan fingerprint density at radius 2 is 1.17 bits per heavy atom. The lowest BCUT2D eigenvalue weighted by Crippen LogP contribution is -2.66. The largest absolute Gasteiger partial charge is 0.378 e. The maximum absolute atomic E-state index is 14.2. The van der Waals surface area contributed by atoms with Crippen molar-refractivity contribution in [3.05, 3.63) is 53.0 Å². The molecule has 8 aliphatic rings. The van der Waals surface area contributed by atoms with E-state index in [1.807, 2.05) is 49.9 Å². The van der Waals surface area contributed by atoms with Crippen LogP contribution in [0.3, 0.4) is 0 Å². The molecule has 6 amide bonds. The summed E-state index contributed by atoms with van der Waals surface area (Å²) in [4.78, 5) is 84.7. The molecule has 18 nitrogen and oxygen atoms in total. The van der Waals surface area contributed by atoms with Gasteiger partial charge < -0.3 is 54.6 Å². The summed E-state index contributed by atoms with van der Waals surface area (Å²) in [5.74, 6) is 1.76. The Hall–Kier alpha value is -5.20. The summed E-state index contributed by atoms with van der Waals surface area (Å²) in [6, 6.07) is 3.47. The Morgan fingerprint density at radius 3 is 1.71 bits per heavy atom. The predicted octanol–water partition coefficient (Wildman–Crippen LogP) is 5.61. The molecule has 2 aromatic heterocycles. The number of aromatic nitrogens is 4. The molecule has 0 radical (unpaired) electrons. The van der Waals surface area contributed by atoms with Crippen molar-refractivity contribution in [3.8, 4) is 11.3 Å². The number of carbonyl (C=O) groups excluding carboxylic acids is 4. The third-order valence-corrected chi connectivity index (χ3v) is 17.0. The number of nitrogens with one attached hydrogen (secondary N) is 4. The van der Waals surface area contributed by atoms with Crippen molar-refractivity contribution in [2.75, 3.05) is 83.7 Å². The summed E-state index contributed by atoms with van der Waals surface area (Å²) in [6.45, 7) is 17.7. The van der Waals surface area contributed by atoms with Crippen molar-refractivity contribution in [2.24, 2.45) is 11.8 Å². The lowest BCUT2D eigenvalue weighted by atomic mass is 9.68. The lowest BCUT2D eigenvalue weighted by Gasteiger charge is -2.65. The molecule has 3 aromatic rings. The number of morpholine rings is 2. The zero-order chi connectivity index (χ0) is 47.7. The quantitative estimate of drug-likeness (QED) is 0.188. The average Bonchev–Trinajstić information content (AvgIpc) is 4.22. The molecule has 7 atom stereocenters. The van der Waals surface area contributed by atoms with Gasteiger partial charge in [-0.3, -0.25) is 14.5 Å². The van der Waals surface area contributed by atoms with Gasteiger partial charge in [-0.25, -0.2) is 19.6 Å². The van der Waals surface area contributed by atoms with Crippen LogP contribution in [0.25, 0.3) is 11.3 Å². The number of nitrogens with zero attached hydrogens (tertiary/aromatic N) is 8. The molecule has 4 N–H and O–H groups in total. The monoisotopic (exact) mass is 949 g/mol. The number of imidazole rings is 2. The second-order valence-corrected chi connectivity index (χ2v) is 21.9. The van der Waals surface area contributed by atoms with E-state index in [2.05, 4.69) is 49.5 Å². The smallest absolute Gasteiger partial charge is 0.318 e.